The number of hydrogen-bond donors (Lipinski definition) is 1. The minimum Gasteiger partial charge on any atom is -0.488 e. The Labute approximate surface area is 144 Å². The van der Waals surface area contributed by atoms with Crippen molar-refractivity contribution in [3.8, 4) is 17.4 Å². The van der Waals surface area contributed by atoms with Crippen LogP contribution in [-0.4, -0.2) is 24.7 Å². The summed E-state index contributed by atoms with van der Waals surface area (Å²) in [5, 5.41) is 3.29. The first kappa shape index (κ1) is 17.5. The van der Waals surface area contributed by atoms with Gasteiger partial charge in [0.2, 0.25) is 11.6 Å². The van der Waals surface area contributed by atoms with Crippen LogP contribution in [0.25, 0.3) is 0 Å². The van der Waals surface area contributed by atoms with E-state index in [0.29, 0.717) is 24.3 Å². The average molecular weight is 352 g/mol. The van der Waals surface area contributed by atoms with E-state index in [0.717, 1.165) is 32.0 Å². The number of rotatable bonds is 5. The molecular weight excluding hydrogens is 333 g/mol. The zero-order valence-corrected chi connectivity index (χ0v) is 13.8. The van der Waals surface area contributed by atoms with Crippen molar-refractivity contribution >= 4 is 0 Å². The van der Waals surface area contributed by atoms with Gasteiger partial charge in [-0.05, 0) is 50.6 Å². The molecule has 1 saturated heterocycles. The first-order valence-corrected chi connectivity index (χ1v) is 8.17. The van der Waals surface area contributed by atoms with Gasteiger partial charge in [0.15, 0.2) is 17.4 Å². The Morgan fingerprint density at radius 2 is 1.96 bits per heavy atom. The highest BCUT2D eigenvalue weighted by Gasteiger charge is 2.20. The molecule has 0 saturated carbocycles. The van der Waals surface area contributed by atoms with Crippen molar-refractivity contribution in [2.45, 2.75) is 19.8 Å². The molecule has 1 unspecified atom stereocenters. The van der Waals surface area contributed by atoms with E-state index >= 15 is 0 Å². The fourth-order valence-corrected chi connectivity index (χ4v) is 2.68. The molecule has 7 heteroatoms. The Morgan fingerprint density at radius 3 is 2.72 bits per heavy atom. The Balaban J connectivity index is 1.81. The molecule has 2 heterocycles. The number of nitrogens with zero attached hydrogens (tertiary/aromatic N) is 1. The van der Waals surface area contributed by atoms with E-state index in [1.54, 1.807) is 19.1 Å². The van der Waals surface area contributed by atoms with Crippen molar-refractivity contribution < 1.29 is 22.6 Å². The quantitative estimate of drug-likeness (QED) is 0.827. The predicted octanol–water partition coefficient (Wildman–Crippen LogP) is 3.98. The summed E-state index contributed by atoms with van der Waals surface area (Å²) < 4.78 is 52.0. The normalized spacial score (nSPS) is 17.4. The van der Waals surface area contributed by atoms with Gasteiger partial charge in [-0.1, -0.05) is 0 Å². The van der Waals surface area contributed by atoms with Gasteiger partial charge in [-0.3, -0.25) is 0 Å². The van der Waals surface area contributed by atoms with Gasteiger partial charge < -0.3 is 14.8 Å². The third kappa shape index (κ3) is 4.22. The second-order valence-electron chi connectivity index (χ2n) is 6.05. The van der Waals surface area contributed by atoms with Gasteiger partial charge in [0.05, 0.1) is 6.61 Å². The second-order valence-corrected chi connectivity index (χ2v) is 6.05. The fraction of sp³-hybridized carbons (Fsp3) is 0.389. The Kier molecular flexibility index (Phi) is 5.43. The maximum atomic E-state index is 13.8. The zero-order valence-electron chi connectivity index (χ0n) is 13.8. The van der Waals surface area contributed by atoms with Crippen molar-refractivity contribution in [2.75, 3.05) is 19.7 Å². The topological polar surface area (TPSA) is 43.4 Å². The molecule has 134 valence electrons. The smallest absolute Gasteiger partial charge is 0.262 e. The molecule has 1 aromatic carbocycles. The molecule has 1 aromatic heterocycles. The lowest BCUT2D eigenvalue weighted by Crippen LogP contribution is -2.33. The lowest BCUT2D eigenvalue weighted by atomic mass is 10.0. The second kappa shape index (κ2) is 7.74. The van der Waals surface area contributed by atoms with Gasteiger partial charge in [0.1, 0.15) is 0 Å². The summed E-state index contributed by atoms with van der Waals surface area (Å²) in [5.74, 6) is -3.92. The van der Waals surface area contributed by atoms with Gasteiger partial charge in [-0.25, -0.2) is 13.8 Å². The zero-order chi connectivity index (χ0) is 17.8. The van der Waals surface area contributed by atoms with Crippen LogP contribution in [0, 0.1) is 30.3 Å². The summed E-state index contributed by atoms with van der Waals surface area (Å²) in [4.78, 5) is 4.13. The molecule has 25 heavy (non-hydrogen) atoms. The first-order valence-electron chi connectivity index (χ1n) is 8.17. The fourth-order valence-electron chi connectivity index (χ4n) is 2.68. The number of halogens is 3. The minimum absolute atomic E-state index is 0.0906. The molecule has 0 radical (unpaired) electrons. The third-order valence-corrected chi connectivity index (χ3v) is 4.04. The molecule has 0 aliphatic carbocycles. The van der Waals surface area contributed by atoms with Crippen molar-refractivity contribution in [1.29, 1.82) is 0 Å². The summed E-state index contributed by atoms with van der Waals surface area (Å²) in [6.07, 6.45) is 2.11. The molecular formula is C18H19F3N2O2. The number of pyridine rings is 1. The number of benzene rings is 1. The molecule has 1 fully saturated rings. The summed E-state index contributed by atoms with van der Waals surface area (Å²) in [6, 6.07) is 4.84. The third-order valence-electron chi connectivity index (χ3n) is 4.04. The molecule has 1 aliphatic rings. The molecule has 3 rings (SSSR count). The van der Waals surface area contributed by atoms with E-state index in [1.165, 1.54) is 0 Å². The van der Waals surface area contributed by atoms with E-state index in [1.807, 2.05) is 0 Å². The van der Waals surface area contributed by atoms with Crippen LogP contribution in [0.2, 0.25) is 0 Å². The van der Waals surface area contributed by atoms with Crippen LogP contribution in [0.3, 0.4) is 0 Å². The number of piperidine rings is 1. The van der Waals surface area contributed by atoms with Gasteiger partial charge in [-0.2, -0.15) is 4.39 Å². The van der Waals surface area contributed by atoms with Crippen molar-refractivity contribution in [3.63, 3.8) is 0 Å². The maximum absolute atomic E-state index is 13.8. The van der Waals surface area contributed by atoms with Gasteiger partial charge in [0, 0.05) is 18.2 Å². The number of ether oxygens (including phenoxy) is 2. The van der Waals surface area contributed by atoms with Crippen LogP contribution in [0.5, 0.6) is 17.4 Å². The van der Waals surface area contributed by atoms with Crippen LogP contribution >= 0.6 is 0 Å². The molecule has 0 spiro atoms. The Hall–Kier alpha value is -2.28. The lowest BCUT2D eigenvalue weighted by molar-refractivity contribution is 0.210. The van der Waals surface area contributed by atoms with Crippen LogP contribution in [0.4, 0.5) is 13.2 Å². The van der Waals surface area contributed by atoms with Gasteiger partial charge in [0.25, 0.3) is 5.88 Å². The van der Waals surface area contributed by atoms with Crippen LogP contribution in [0.1, 0.15) is 18.5 Å². The maximum Gasteiger partial charge on any atom is 0.262 e. The van der Waals surface area contributed by atoms with Crippen molar-refractivity contribution in [2.24, 2.45) is 5.92 Å². The van der Waals surface area contributed by atoms with E-state index in [-0.39, 0.29) is 11.6 Å². The van der Waals surface area contributed by atoms with Gasteiger partial charge in [-0.15, -0.1) is 0 Å². The largest absolute Gasteiger partial charge is 0.488 e. The number of hydrogen-bond acceptors (Lipinski definition) is 4. The molecule has 2 aromatic rings. The number of nitrogens with one attached hydrogen (secondary N) is 1. The molecule has 4 nitrogen and oxygen atoms in total. The standard InChI is InChI=1S/C18H19F3N2O2/c1-11-4-7-15(24-10-12-3-2-8-22-9-12)18(23-11)25-17-14(20)6-5-13(19)16(17)21/h4-7,12,22H,2-3,8-10H2,1H3. The SMILES string of the molecule is Cc1ccc(OCC2CCCNC2)c(Oc2c(F)ccc(F)c2F)n1. The lowest BCUT2D eigenvalue weighted by Gasteiger charge is -2.23. The molecule has 1 N–H and O–H groups in total. The molecule has 1 atom stereocenters. The number of aryl methyl sites for hydroxylation is 1. The van der Waals surface area contributed by atoms with Crippen molar-refractivity contribution in [1.82, 2.24) is 10.3 Å². The highest BCUT2D eigenvalue weighted by Crippen LogP contribution is 2.34. The Morgan fingerprint density at radius 1 is 1.16 bits per heavy atom. The monoisotopic (exact) mass is 352 g/mol. The van der Waals surface area contributed by atoms with E-state index in [4.69, 9.17) is 9.47 Å². The van der Waals surface area contributed by atoms with E-state index in [9.17, 15) is 13.2 Å². The van der Waals surface area contributed by atoms with Crippen molar-refractivity contribution in [3.05, 3.63) is 47.4 Å². The molecule has 1 aliphatic heterocycles. The molecule has 0 bridgehead atoms. The Bertz CT molecular complexity index is 749. The highest BCUT2D eigenvalue weighted by molar-refractivity contribution is 5.39. The van der Waals surface area contributed by atoms with Gasteiger partial charge >= 0.3 is 0 Å². The first-order chi connectivity index (χ1) is 12.0. The summed E-state index contributed by atoms with van der Waals surface area (Å²) in [5.41, 5.74) is 0.582. The summed E-state index contributed by atoms with van der Waals surface area (Å²) >= 11 is 0. The summed E-state index contributed by atoms with van der Waals surface area (Å²) in [6.45, 7) is 3.99. The summed E-state index contributed by atoms with van der Waals surface area (Å²) in [7, 11) is 0. The number of aromatic nitrogens is 1. The molecule has 0 amide bonds. The van der Waals surface area contributed by atoms with E-state index < -0.39 is 23.2 Å². The van der Waals surface area contributed by atoms with E-state index in [2.05, 4.69) is 10.3 Å². The van der Waals surface area contributed by atoms with Crippen LogP contribution in [0.15, 0.2) is 24.3 Å². The van der Waals surface area contributed by atoms with Crippen LogP contribution < -0.4 is 14.8 Å². The predicted molar refractivity (Wildman–Crippen MR) is 86.5 cm³/mol. The minimum atomic E-state index is -1.40. The average Bonchev–Trinajstić information content (AvgIpc) is 2.62. The van der Waals surface area contributed by atoms with Crippen LogP contribution in [-0.2, 0) is 0 Å². The highest BCUT2D eigenvalue weighted by atomic mass is 19.2.